The standard InChI is InChI=1S/C17H20F2O3/c1-22-16(21)13-9-7-12(8-10-13)11-14-5-3-2-4-6-15(20)17(14,18)19/h7-10,14H,2-6,11H2,1H3. The molecule has 0 amide bonds. The number of carbonyl (C=O) groups is 2. The van der Waals surface area contributed by atoms with Crippen LogP contribution in [0.2, 0.25) is 0 Å². The van der Waals surface area contributed by atoms with Crippen molar-refractivity contribution in [1.82, 2.24) is 0 Å². The number of carbonyl (C=O) groups excluding carboxylic acids is 2. The first-order valence-electron chi connectivity index (χ1n) is 7.53. The van der Waals surface area contributed by atoms with Crippen molar-refractivity contribution in [1.29, 1.82) is 0 Å². The number of ketones is 1. The van der Waals surface area contributed by atoms with Crippen LogP contribution < -0.4 is 0 Å². The normalized spacial score (nSPS) is 21.8. The van der Waals surface area contributed by atoms with Crippen LogP contribution in [0.5, 0.6) is 0 Å². The van der Waals surface area contributed by atoms with E-state index in [1.54, 1.807) is 24.3 Å². The zero-order valence-electron chi connectivity index (χ0n) is 12.6. The first-order chi connectivity index (χ1) is 10.4. The maximum atomic E-state index is 14.2. The smallest absolute Gasteiger partial charge is 0.337 e. The maximum absolute atomic E-state index is 14.2. The minimum atomic E-state index is -3.26. The van der Waals surface area contributed by atoms with Crippen LogP contribution in [0.3, 0.4) is 0 Å². The van der Waals surface area contributed by atoms with E-state index in [0.717, 1.165) is 6.42 Å². The molecule has 0 aliphatic heterocycles. The second-order valence-electron chi connectivity index (χ2n) is 5.74. The van der Waals surface area contributed by atoms with E-state index in [1.165, 1.54) is 7.11 Å². The number of alkyl halides is 2. The molecule has 0 bridgehead atoms. The second-order valence-corrected chi connectivity index (χ2v) is 5.74. The fraction of sp³-hybridized carbons (Fsp3) is 0.529. The Morgan fingerprint density at radius 2 is 1.91 bits per heavy atom. The van der Waals surface area contributed by atoms with Gasteiger partial charge in [-0.3, -0.25) is 4.79 Å². The summed E-state index contributed by atoms with van der Waals surface area (Å²) in [4.78, 5) is 23.0. The number of ether oxygens (including phenoxy) is 1. The molecule has 0 heterocycles. The molecule has 1 aliphatic carbocycles. The maximum Gasteiger partial charge on any atom is 0.337 e. The average Bonchev–Trinajstić information content (AvgIpc) is 2.52. The van der Waals surface area contributed by atoms with Crippen LogP contribution in [-0.2, 0) is 16.0 Å². The van der Waals surface area contributed by atoms with Gasteiger partial charge in [0.25, 0.3) is 0 Å². The van der Waals surface area contributed by atoms with Crippen molar-refractivity contribution in [2.45, 2.75) is 44.4 Å². The third kappa shape index (κ3) is 3.70. The van der Waals surface area contributed by atoms with Gasteiger partial charge in [-0.2, -0.15) is 8.78 Å². The van der Waals surface area contributed by atoms with Crippen molar-refractivity contribution in [3.63, 3.8) is 0 Å². The third-order valence-electron chi connectivity index (χ3n) is 4.20. The molecule has 0 saturated heterocycles. The molecular formula is C17H20F2O3. The van der Waals surface area contributed by atoms with Gasteiger partial charge < -0.3 is 4.74 Å². The van der Waals surface area contributed by atoms with Gasteiger partial charge in [0.05, 0.1) is 12.7 Å². The number of halogens is 2. The summed E-state index contributed by atoms with van der Waals surface area (Å²) in [5.41, 5.74) is 1.08. The summed E-state index contributed by atoms with van der Waals surface area (Å²) in [6, 6.07) is 6.41. The molecule has 1 aromatic rings. The van der Waals surface area contributed by atoms with Crippen molar-refractivity contribution >= 4 is 11.8 Å². The Morgan fingerprint density at radius 3 is 2.55 bits per heavy atom. The summed E-state index contributed by atoms with van der Waals surface area (Å²) in [6.45, 7) is 0. The highest BCUT2D eigenvalue weighted by atomic mass is 19.3. The fourth-order valence-electron chi connectivity index (χ4n) is 2.84. The molecule has 3 nitrogen and oxygen atoms in total. The molecule has 2 rings (SSSR count). The van der Waals surface area contributed by atoms with Crippen LogP contribution in [0.15, 0.2) is 24.3 Å². The Morgan fingerprint density at radius 1 is 1.23 bits per heavy atom. The lowest BCUT2D eigenvalue weighted by molar-refractivity contribution is -0.153. The van der Waals surface area contributed by atoms with E-state index >= 15 is 0 Å². The summed E-state index contributed by atoms with van der Waals surface area (Å²) in [5.74, 6) is -5.63. The lowest BCUT2D eigenvalue weighted by Crippen LogP contribution is -2.39. The molecule has 22 heavy (non-hydrogen) atoms. The molecule has 0 radical (unpaired) electrons. The van der Waals surface area contributed by atoms with Crippen LogP contribution in [0.1, 0.15) is 48.0 Å². The summed E-state index contributed by atoms with van der Waals surface area (Å²) in [5, 5.41) is 0. The zero-order valence-corrected chi connectivity index (χ0v) is 12.6. The number of methoxy groups -OCH3 is 1. The van der Waals surface area contributed by atoms with Crippen LogP contribution in [0.25, 0.3) is 0 Å². The molecule has 0 aromatic heterocycles. The van der Waals surface area contributed by atoms with Crippen LogP contribution >= 0.6 is 0 Å². The summed E-state index contributed by atoms with van der Waals surface area (Å²) < 4.78 is 33.1. The third-order valence-corrected chi connectivity index (χ3v) is 4.20. The highest BCUT2D eigenvalue weighted by molar-refractivity contribution is 5.89. The van der Waals surface area contributed by atoms with E-state index < -0.39 is 23.6 Å². The van der Waals surface area contributed by atoms with E-state index in [0.29, 0.717) is 30.4 Å². The van der Waals surface area contributed by atoms with E-state index in [4.69, 9.17) is 0 Å². The van der Waals surface area contributed by atoms with Gasteiger partial charge in [0, 0.05) is 12.3 Å². The number of rotatable bonds is 3. The van der Waals surface area contributed by atoms with E-state index in [-0.39, 0.29) is 12.8 Å². The molecular weight excluding hydrogens is 290 g/mol. The number of hydrogen-bond acceptors (Lipinski definition) is 3. The van der Waals surface area contributed by atoms with Gasteiger partial charge in [0.1, 0.15) is 0 Å². The number of esters is 1. The van der Waals surface area contributed by atoms with Crippen LogP contribution in [0, 0.1) is 5.92 Å². The Bertz CT molecular complexity index is 537. The Labute approximate surface area is 128 Å². The minimum Gasteiger partial charge on any atom is -0.465 e. The van der Waals surface area contributed by atoms with Crippen molar-refractivity contribution in [2.75, 3.05) is 7.11 Å². The first-order valence-corrected chi connectivity index (χ1v) is 7.53. The highest BCUT2D eigenvalue weighted by Gasteiger charge is 2.46. The molecule has 5 heteroatoms. The molecule has 1 fully saturated rings. The lowest BCUT2D eigenvalue weighted by atomic mass is 9.83. The van der Waals surface area contributed by atoms with Crippen LogP contribution in [-0.4, -0.2) is 24.8 Å². The van der Waals surface area contributed by atoms with Gasteiger partial charge >= 0.3 is 11.9 Å². The summed E-state index contributed by atoms with van der Waals surface area (Å²) >= 11 is 0. The molecule has 120 valence electrons. The van der Waals surface area contributed by atoms with Gasteiger partial charge in [-0.1, -0.05) is 25.0 Å². The Kier molecular flexibility index (Phi) is 5.27. The van der Waals surface area contributed by atoms with Crippen molar-refractivity contribution in [3.8, 4) is 0 Å². The zero-order chi connectivity index (χ0) is 16.2. The largest absolute Gasteiger partial charge is 0.465 e. The topological polar surface area (TPSA) is 43.4 Å². The SMILES string of the molecule is COC(=O)c1ccc(CC2CCCCCC(=O)C2(F)F)cc1. The molecule has 0 spiro atoms. The number of Topliss-reactive ketones (excluding diaryl/α,β-unsaturated/α-hetero) is 1. The number of benzene rings is 1. The molecule has 1 atom stereocenters. The van der Waals surface area contributed by atoms with Gasteiger partial charge in [-0.15, -0.1) is 0 Å². The van der Waals surface area contributed by atoms with Crippen molar-refractivity contribution in [2.24, 2.45) is 5.92 Å². The molecule has 1 aromatic carbocycles. The Balaban J connectivity index is 2.13. The predicted molar refractivity (Wildman–Crippen MR) is 78.0 cm³/mol. The highest BCUT2D eigenvalue weighted by Crippen LogP contribution is 2.36. The molecule has 1 unspecified atom stereocenters. The summed E-state index contributed by atoms with van der Waals surface area (Å²) in [7, 11) is 1.29. The monoisotopic (exact) mass is 310 g/mol. The Hall–Kier alpha value is -1.78. The summed E-state index contributed by atoms with van der Waals surface area (Å²) in [6.07, 6.45) is 2.53. The van der Waals surface area contributed by atoms with Gasteiger partial charge in [-0.05, 0) is 37.0 Å². The lowest BCUT2D eigenvalue weighted by Gasteiger charge is -2.28. The predicted octanol–water partition coefficient (Wildman–Crippen LogP) is 3.80. The van der Waals surface area contributed by atoms with Crippen LogP contribution in [0.4, 0.5) is 8.78 Å². The molecule has 1 aliphatic rings. The minimum absolute atomic E-state index is 0.0369. The molecule has 1 saturated carbocycles. The van der Waals surface area contributed by atoms with Gasteiger partial charge in [0.2, 0.25) is 5.78 Å². The fourth-order valence-corrected chi connectivity index (χ4v) is 2.84. The number of hydrogen-bond donors (Lipinski definition) is 0. The van der Waals surface area contributed by atoms with Crippen molar-refractivity contribution < 1.29 is 23.1 Å². The molecule has 0 N–H and O–H groups in total. The first kappa shape index (κ1) is 16.6. The van der Waals surface area contributed by atoms with E-state index in [2.05, 4.69) is 4.74 Å². The quantitative estimate of drug-likeness (QED) is 0.798. The van der Waals surface area contributed by atoms with Gasteiger partial charge in [0.15, 0.2) is 0 Å². The average molecular weight is 310 g/mol. The van der Waals surface area contributed by atoms with Crippen molar-refractivity contribution in [3.05, 3.63) is 35.4 Å². The van der Waals surface area contributed by atoms with E-state index in [9.17, 15) is 18.4 Å². The second kappa shape index (κ2) is 6.99. The van der Waals surface area contributed by atoms with Gasteiger partial charge in [-0.25, -0.2) is 4.79 Å². The van der Waals surface area contributed by atoms with E-state index in [1.807, 2.05) is 0 Å².